The Morgan fingerprint density at radius 2 is 1.76 bits per heavy atom. The van der Waals surface area contributed by atoms with Gasteiger partial charge in [-0.2, -0.15) is 0 Å². The molecule has 8 heteroatoms. The summed E-state index contributed by atoms with van der Waals surface area (Å²) < 4.78 is 18.7. The highest BCUT2D eigenvalue weighted by atomic mass is 19.1. The van der Waals surface area contributed by atoms with Crippen molar-refractivity contribution in [3.05, 3.63) is 83.4 Å². The number of furan rings is 1. The molecule has 0 saturated carbocycles. The maximum atomic E-state index is 13.1. The molecule has 7 nitrogen and oxygen atoms in total. The van der Waals surface area contributed by atoms with Crippen LogP contribution >= 0.6 is 0 Å². The first-order valence-corrected chi connectivity index (χ1v) is 8.47. The molecule has 2 aromatic carbocycles. The van der Waals surface area contributed by atoms with Crippen molar-refractivity contribution in [3.63, 3.8) is 0 Å². The summed E-state index contributed by atoms with van der Waals surface area (Å²) >= 11 is 0. The number of hydrazine groups is 1. The molecule has 1 saturated heterocycles. The van der Waals surface area contributed by atoms with Gasteiger partial charge in [0.1, 0.15) is 22.9 Å². The molecule has 1 aliphatic rings. The maximum Gasteiger partial charge on any atom is 0.282 e. The highest BCUT2D eigenvalue weighted by molar-refractivity contribution is 6.31. The number of carbonyl (C=O) groups is 3. The zero-order chi connectivity index (χ0) is 20.5. The van der Waals surface area contributed by atoms with Crippen LogP contribution in [-0.4, -0.2) is 17.8 Å². The normalized spacial score (nSPS) is 15.1. The van der Waals surface area contributed by atoms with E-state index >= 15 is 0 Å². The van der Waals surface area contributed by atoms with Crippen LogP contribution in [0.3, 0.4) is 0 Å². The lowest BCUT2D eigenvalue weighted by molar-refractivity contribution is -0.255. The Kier molecular flexibility index (Phi) is 4.44. The monoisotopic (exact) mass is 391 g/mol. The number of carbonyl (C=O) groups excluding carboxylic acids is 3. The first-order valence-electron chi connectivity index (χ1n) is 8.47. The van der Waals surface area contributed by atoms with Crippen LogP contribution in [0.15, 0.2) is 70.7 Å². The highest BCUT2D eigenvalue weighted by Crippen LogP contribution is 2.28. The van der Waals surface area contributed by atoms with Crippen molar-refractivity contribution < 1.29 is 28.3 Å². The number of anilines is 1. The second-order valence-corrected chi connectivity index (χ2v) is 6.15. The molecule has 2 heterocycles. The number of carboxylic acid groups (broad SMARTS) is 1. The van der Waals surface area contributed by atoms with Crippen LogP contribution in [0.1, 0.15) is 16.1 Å². The summed E-state index contributed by atoms with van der Waals surface area (Å²) in [5.41, 5.74) is 2.79. The van der Waals surface area contributed by atoms with Crippen molar-refractivity contribution >= 4 is 29.5 Å². The minimum Gasteiger partial charge on any atom is -0.545 e. The number of carboxylic acids is 1. The first-order chi connectivity index (χ1) is 13.9. The van der Waals surface area contributed by atoms with Crippen molar-refractivity contribution in [3.8, 4) is 11.3 Å². The molecule has 0 spiro atoms. The number of nitrogens with zero attached hydrogens (tertiary/aromatic N) is 1. The highest BCUT2D eigenvalue weighted by Gasteiger charge is 2.34. The Bertz CT molecular complexity index is 1160. The average Bonchev–Trinajstić information content (AvgIpc) is 3.29. The van der Waals surface area contributed by atoms with E-state index in [0.717, 1.165) is 5.01 Å². The summed E-state index contributed by atoms with van der Waals surface area (Å²) in [5.74, 6) is -2.66. The number of halogens is 1. The Balaban J connectivity index is 1.64. The third-order valence-electron chi connectivity index (χ3n) is 4.30. The Morgan fingerprint density at radius 1 is 1.03 bits per heavy atom. The van der Waals surface area contributed by atoms with Gasteiger partial charge in [0.15, 0.2) is 0 Å². The van der Waals surface area contributed by atoms with E-state index in [9.17, 15) is 23.9 Å². The maximum absolute atomic E-state index is 13.1. The number of amides is 2. The van der Waals surface area contributed by atoms with Crippen molar-refractivity contribution in [2.45, 2.75) is 0 Å². The Labute approximate surface area is 163 Å². The molecule has 29 heavy (non-hydrogen) atoms. The van der Waals surface area contributed by atoms with Gasteiger partial charge < -0.3 is 14.3 Å². The molecule has 1 fully saturated rings. The largest absolute Gasteiger partial charge is 0.545 e. The summed E-state index contributed by atoms with van der Waals surface area (Å²) in [6, 6.07) is 14.3. The van der Waals surface area contributed by atoms with E-state index in [1.807, 2.05) is 0 Å². The van der Waals surface area contributed by atoms with E-state index in [2.05, 4.69) is 5.43 Å². The van der Waals surface area contributed by atoms with Gasteiger partial charge in [0.05, 0.1) is 11.7 Å². The summed E-state index contributed by atoms with van der Waals surface area (Å²) in [6.45, 7) is 0. The second-order valence-electron chi connectivity index (χ2n) is 6.15. The van der Waals surface area contributed by atoms with Crippen LogP contribution in [0.5, 0.6) is 0 Å². The summed E-state index contributed by atoms with van der Waals surface area (Å²) in [6.07, 6.45) is 1.26. The first kappa shape index (κ1) is 18.2. The Hall–Kier alpha value is -4.20. The number of rotatable bonds is 4. The van der Waals surface area contributed by atoms with E-state index in [1.165, 1.54) is 48.5 Å². The van der Waals surface area contributed by atoms with Gasteiger partial charge in [0.2, 0.25) is 0 Å². The van der Waals surface area contributed by atoms with E-state index in [1.54, 1.807) is 18.2 Å². The fourth-order valence-corrected chi connectivity index (χ4v) is 2.92. The molecule has 1 N–H and O–H groups in total. The number of aromatic carboxylic acids is 1. The van der Waals surface area contributed by atoms with Crippen LogP contribution in [-0.2, 0) is 9.59 Å². The molecule has 0 atom stereocenters. The lowest BCUT2D eigenvalue weighted by Crippen LogP contribution is -2.35. The lowest BCUT2D eigenvalue weighted by Gasteiger charge is -2.14. The zero-order valence-corrected chi connectivity index (χ0v) is 14.7. The molecule has 2 amide bonds. The molecule has 0 aliphatic carbocycles. The van der Waals surface area contributed by atoms with Crippen molar-refractivity contribution in [1.29, 1.82) is 0 Å². The molecule has 144 valence electrons. The van der Waals surface area contributed by atoms with Crippen LogP contribution in [0.2, 0.25) is 0 Å². The molecular formula is C21H12FN2O5-. The molecule has 0 radical (unpaired) electrons. The van der Waals surface area contributed by atoms with Gasteiger partial charge in [-0.15, -0.1) is 0 Å². The van der Waals surface area contributed by atoms with Gasteiger partial charge in [-0.05, 0) is 42.5 Å². The van der Waals surface area contributed by atoms with Gasteiger partial charge in [-0.25, -0.2) is 9.40 Å². The number of hydrogen-bond donors (Lipinski definition) is 1. The van der Waals surface area contributed by atoms with Gasteiger partial charge >= 0.3 is 0 Å². The standard InChI is InChI=1S/C21H13FN2O5/c22-12-5-7-13(8-6-12)24-20(26)17(19(25)23-24)11-14-9-10-18(29-14)15-3-1-2-4-16(15)21(27)28/h1-11H,(H,23,25)(H,27,28)/p-1/b17-11-. The summed E-state index contributed by atoms with van der Waals surface area (Å²) in [7, 11) is 0. The van der Waals surface area contributed by atoms with Gasteiger partial charge in [-0.3, -0.25) is 15.0 Å². The lowest BCUT2D eigenvalue weighted by atomic mass is 10.1. The molecule has 0 unspecified atom stereocenters. The van der Waals surface area contributed by atoms with Crippen molar-refractivity contribution in [2.24, 2.45) is 0 Å². The molecule has 0 bridgehead atoms. The van der Waals surface area contributed by atoms with Crippen LogP contribution in [0, 0.1) is 5.82 Å². The molecular weight excluding hydrogens is 379 g/mol. The van der Waals surface area contributed by atoms with E-state index < -0.39 is 23.6 Å². The smallest absolute Gasteiger partial charge is 0.282 e. The molecule has 3 aromatic rings. The quantitative estimate of drug-likeness (QED) is 0.541. The zero-order valence-electron chi connectivity index (χ0n) is 14.7. The topological polar surface area (TPSA) is 103 Å². The van der Waals surface area contributed by atoms with Crippen LogP contribution in [0.25, 0.3) is 17.4 Å². The summed E-state index contributed by atoms with van der Waals surface area (Å²) in [5, 5.41) is 12.3. The van der Waals surface area contributed by atoms with Crippen molar-refractivity contribution in [1.82, 2.24) is 5.43 Å². The predicted molar refractivity (Wildman–Crippen MR) is 98.5 cm³/mol. The van der Waals surface area contributed by atoms with E-state index in [4.69, 9.17) is 4.42 Å². The number of nitrogens with one attached hydrogen (secondary N) is 1. The van der Waals surface area contributed by atoms with Crippen molar-refractivity contribution in [2.75, 3.05) is 5.01 Å². The minimum absolute atomic E-state index is 0.0433. The SMILES string of the molecule is O=C1NN(c2ccc(F)cc2)C(=O)/C1=C\c1ccc(-c2ccccc2C(=O)[O-])o1. The molecule has 1 aliphatic heterocycles. The number of benzene rings is 2. The Morgan fingerprint density at radius 3 is 2.48 bits per heavy atom. The van der Waals surface area contributed by atoms with E-state index in [0.29, 0.717) is 11.3 Å². The fraction of sp³-hybridized carbons (Fsp3) is 0. The third kappa shape index (κ3) is 3.39. The number of hydrogen-bond acceptors (Lipinski definition) is 5. The van der Waals surface area contributed by atoms with Crippen LogP contribution < -0.4 is 15.5 Å². The van der Waals surface area contributed by atoms with Gasteiger partial charge in [-0.1, -0.05) is 24.3 Å². The molecule has 1 aromatic heterocycles. The van der Waals surface area contributed by atoms with E-state index in [-0.39, 0.29) is 22.7 Å². The fourth-order valence-electron chi connectivity index (χ4n) is 2.92. The second kappa shape index (κ2) is 7.08. The minimum atomic E-state index is -1.35. The van der Waals surface area contributed by atoms with Gasteiger partial charge in [0, 0.05) is 11.1 Å². The molecule has 4 rings (SSSR count). The third-order valence-corrected chi connectivity index (χ3v) is 4.30. The predicted octanol–water partition coefficient (Wildman–Crippen LogP) is 1.91. The summed E-state index contributed by atoms with van der Waals surface area (Å²) in [4.78, 5) is 36.1. The van der Waals surface area contributed by atoms with Crippen LogP contribution in [0.4, 0.5) is 10.1 Å². The van der Waals surface area contributed by atoms with Gasteiger partial charge in [0.25, 0.3) is 11.8 Å². The average molecular weight is 391 g/mol.